The molecule has 2 aromatic carbocycles. The quantitative estimate of drug-likeness (QED) is 0.911. The van der Waals surface area contributed by atoms with E-state index in [0.29, 0.717) is 6.61 Å². The van der Waals surface area contributed by atoms with Crippen LogP contribution in [-0.2, 0) is 0 Å². The molecule has 1 atom stereocenters. The average Bonchev–Trinajstić information content (AvgIpc) is 2.50. The standard InChI is InChI=1S/C19H23NO2/c1-13-10-15(3)18(11-14(13)2)19(21)20-16(4)12-22-17-8-6-5-7-9-17/h5-11,16H,12H2,1-4H3,(H,20,21)/t16-/m0/s1. The summed E-state index contributed by atoms with van der Waals surface area (Å²) in [6, 6.07) is 13.5. The largest absolute Gasteiger partial charge is 0.491 e. The molecule has 0 saturated heterocycles. The fourth-order valence-corrected chi connectivity index (χ4v) is 2.29. The highest BCUT2D eigenvalue weighted by Crippen LogP contribution is 2.15. The summed E-state index contributed by atoms with van der Waals surface area (Å²) in [5.41, 5.74) is 4.06. The third-order valence-electron chi connectivity index (χ3n) is 3.71. The van der Waals surface area contributed by atoms with Crippen LogP contribution in [0, 0.1) is 20.8 Å². The molecular weight excluding hydrogens is 274 g/mol. The molecule has 0 unspecified atom stereocenters. The lowest BCUT2D eigenvalue weighted by Crippen LogP contribution is -2.37. The van der Waals surface area contributed by atoms with E-state index in [1.807, 2.05) is 57.2 Å². The lowest BCUT2D eigenvalue weighted by atomic mass is 10.0. The Morgan fingerprint density at radius 2 is 1.68 bits per heavy atom. The molecule has 116 valence electrons. The number of para-hydroxylation sites is 1. The average molecular weight is 297 g/mol. The van der Waals surface area contributed by atoms with E-state index in [0.717, 1.165) is 22.4 Å². The fraction of sp³-hybridized carbons (Fsp3) is 0.316. The highest BCUT2D eigenvalue weighted by Gasteiger charge is 2.13. The van der Waals surface area contributed by atoms with E-state index in [2.05, 4.69) is 18.3 Å². The molecule has 3 heteroatoms. The minimum atomic E-state index is -0.0614. The maximum atomic E-state index is 12.4. The van der Waals surface area contributed by atoms with E-state index in [-0.39, 0.29) is 11.9 Å². The normalized spacial score (nSPS) is 11.8. The van der Waals surface area contributed by atoms with Gasteiger partial charge in [-0.2, -0.15) is 0 Å². The Balaban J connectivity index is 1.95. The number of nitrogens with one attached hydrogen (secondary N) is 1. The van der Waals surface area contributed by atoms with Gasteiger partial charge in [0.1, 0.15) is 12.4 Å². The first-order valence-electron chi connectivity index (χ1n) is 7.54. The Hall–Kier alpha value is -2.29. The Morgan fingerprint density at radius 3 is 2.36 bits per heavy atom. The van der Waals surface area contributed by atoms with Crippen molar-refractivity contribution in [2.75, 3.05) is 6.61 Å². The molecule has 0 spiro atoms. The fourth-order valence-electron chi connectivity index (χ4n) is 2.29. The molecule has 1 amide bonds. The number of carbonyl (C=O) groups is 1. The molecule has 3 nitrogen and oxygen atoms in total. The molecular formula is C19H23NO2. The van der Waals surface area contributed by atoms with Crippen LogP contribution in [0.15, 0.2) is 42.5 Å². The van der Waals surface area contributed by atoms with Gasteiger partial charge in [0.25, 0.3) is 5.91 Å². The van der Waals surface area contributed by atoms with Gasteiger partial charge in [0.05, 0.1) is 6.04 Å². The molecule has 2 aromatic rings. The van der Waals surface area contributed by atoms with Gasteiger partial charge in [0.15, 0.2) is 0 Å². The van der Waals surface area contributed by atoms with Crippen molar-refractivity contribution in [3.05, 3.63) is 64.7 Å². The molecule has 1 N–H and O–H groups in total. The third-order valence-corrected chi connectivity index (χ3v) is 3.71. The topological polar surface area (TPSA) is 38.3 Å². The van der Waals surface area contributed by atoms with Crippen molar-refractivity contribution in [3.63, 3.8) is 0 Å². The van der Waals surface area contributed by atoms with Crippen molar-refractivity contribution in [3.8, 4) is 5.75 Å². The van der Waals surface area contributed by atoms with E-state index in [1.54, 1.807) is 0 Å². The number of hydrogen-bond donors (Lipinski definition) is 1. The van der Waals surface area contributed by atoms with Gasteiger partial charge in [-0.15, -0.1) is 0 Å². The zero-order valence-electron chi connectivity index (χ0n) is 13.6. The Morgan fingerprint density at radius 1 is 1.05 bits per heavy atom. The smallest absolute Gasteiger partial charge is 0.251 e. The molecule has 2 rings (SSSR count). The summed E-state index contributed by atoms with van der Waals surface area (Å²) in [6.07, 6.45) is 0. The summed E-state index contributed by atoms with van der Waals surface area (Å²) in [5, 5.41) is 2.99. The molecule has 0 saturated carbocycles. The van der Waals surface area contributed by atoms with E-state index < -0.39 is 0 Å². The van der Waals surface area contributed by atoms with Crippen LogP contribution in [0.1, 0.15) is 34.0 Å². The van der Waals surface area contributed by atoms with Crippen LogP contribution in [0.4, 0.5) is 0 Å². The molecule has 0 aromatic heterocycles. The highest BCUT2D eigenvalue weighted by molar-refractivity contribution is 5.96. The summed E-state index contributed by atoms with van der Waals surface area (Å²) in [7, 11) is 0. The number of rotatable bonds is 5. The zero-order valence-corrected chi connectivity index (χ0v) is 13.6. The van der Waals surface area contributed by atoms with Crippen molar-refractivity contribution in [2.45, 2.75) is 33.7 Å². The van der Waals surface area contributed by atoms with Crippen molar-refractivity contribution < 1.29 is 9.53 Å². The molecule has 0 radical (unpaired) electrons. The Labute approximate surface area is 132 Å². The van der Waals surface area contributed by atoms with Crippen molar-refractivity contribution in [1.82, 2.24) is 5.32 Å². The number of carbonyl (C=O) groups excluding carboxylic acids is 1. The van der Waals surface area contributed by atoms with Crippen LogP contribution in [0.25, 0.3) is 0 Å². The second-order valence-corrected chi connectivity index (χ2v) is 5.75. The first-order valence-corrected chi connectivity index (χ1v) is 7.54. The molecule has 0 fully saturated rings. The summed E-state index contributed by atoms with van der Waals surface area (Å²) in [4.78, 5) is 12.4. The lowest BCUT2D eigenvalue weighted by molar-refractivity contribution is 0.0926. The number of benzene rings is 2. The Kier molecular flexibility index (Phi) is 5.21. The number of aryl methyl sites for hydroxylation is 3. The van der Waals surface area contributed by atoms with Gasteiger partial charge >= 0.3 is 0 Å². The Bertz CT molecular complexity index is 650. The van der Waals surface area contributed by atoms with E-state index in [9.17, 15) is 4.79 Å². The van der Waals surface area contributed by atoms with Crippen molar-refractivity contribution in [1.29, 1.82) is 0 Å². The first kappa shape index (κ1) is 16.1. The van der Waals surface area contributed by atoms with E-state index in [1.165, 1.54) is 5.56 Å². The van der Waals surface area contributed by atoms with Gasteiger partial charge in [-0.3, -0.25) is 4.79 Å². The predicted molar refractivity (Wildman–Crippen MR) is 89.5 cm³/mol. The van der Waals surface area contributed by atoms with Crippen LogP contribution in [0.3, 0.4) is 0 Å². The SMILES string of the molecule is Cc1cc(C)c(C(=O)N[C@@H](C)COc2ccccc2)cc1C. The van der Waals surface area contributed by atoms with Crippen molar-refractivity contribution >= 4 is 5.91 Å². The van der Waals surface area contributed by atoms with Gasteiger partial charge in [-0.25, -0.2) is 0 Å². The lowest BCUT2D eigenvalue weighted by Gasteiger charge is -2.16. The minimum absolute atomic E-state index is 0.0511. The van der Waals surface area contributed by atoms with Gasteiger partial charge in [0.2, 0.25) is 0 Å². The minimum Gasteiger partial charge on any atom is -0.491 e. The maximum Gasteiger partial charge on any atom is 0.251 e. The summed E-state index contributed by atoms with van der Waals surface area (Å²) in [6.45, 7) is 8.43. The van der Waals surface area contributed by atoms with Gasteiger partial charge in [-0.05, 0) is 62.6 Å². The van der Waals surface area contributed by atoms with E-state index in [4.69, 9.17) is 4.74 Å². The van der Waals surface area contributed by atoms with Crippen molar-refractivity contribution in [2.24, 2.45) is 0 Å². The number of hydrogen-bond acceptors (Lipinski definition) is 2. The number of amides is 1. The molecule has 0 aliphatic heterocycles. The van der Waals surface area contributed by atoms with Crippen LogP contribution < -0.4 is 10.1 Å². The maximum absolute atomic E-state index is 12.4. The van der Waals surface area contributed by atoms with Gasteiger partial charge in [-0.1, -0.05) is 24.3 Å². The second-order valence-electron chi connectivity index (χ2n) is 5.75. The first-order chi connectivity index (χ1) is 10.5. The summed E-state index contributed by atoms with van der Waals surface area (Å²) in [5.74, 6) is 0.760. The van der Waals surface area contributed by atoms with Gasteiger partial charge in [0, 0.05) is 5.56 Å². The third kappa shape index (κ3) is 4.10. The second kappa shape index (κ2) is 7.12. The predicted octanol–water partition coefficient (Wildman–Crippen LogP) is 3.81. The molecule has 0 bridgehead atoms. The van der Waals surface area contributed by atoms with Gasteiger partial charge < -0.3 is 10.1 Å². The molecule has 0 aliphatic carbocycles. The monoisotopic (exact) mass is 297 g/mol. The summed E-state index contributed by atoms with van der Waals surface area (Å²) < 4.78 is 5.66. The zero-order chi connectivity index (χ0) is 16.1. The molecule has 22 heavy (non-hydrogen) atoms. The van der Waals surface area contributed by atoms with Crippen LogP contribution in [0.5, 0.6) is 5.75 Å². The van der Waals surface area contributed by atoms with E-state index >= 15 is 0 Å². The molecule has 0 aliphatic rings. The number of ether oxygens (including phenoxy) is 1. The molecule has 0 heterocycles. The highest BCUT2D eigenvalue weighted by atomic mass is 16.5. The van der Waals surface area contributed by atoms with Crippen LogP contribution in [0.2, 0.25) is 0 Å². The summed E-state index contributed by atoms with van der Waals surface area (Å²) >= 11 is 0. The van der Waals surface area contributed by atoms with Crippen LogP contribution >= 0.6 is 0 Å². The van der Waals surface area contributed by atoms with Crippen LogP contribution in [-0.4, -0.2) is 18.6 Å².